The van der Waals surface area contributed by atoms with Crippen LogP contribution in [0.5, 0.6) is 0 Å². The summed E-state index contributed by atoms with van der Waals surface area (Å²) in [5.74, 6) is -0.761. The third-order valence-electron chi connectivity index (χ3n) is 2.06. The lowest BCUT2D eigenvalue weighted by Gasteiger charge is -2.15. The third-order valence-corrected chi connectivity index (χ3v) is 2.06. The molecule has 0 N–H and O–H groups in total. The number of nitrogens with zero attached hydrogens (tertiary/aromatic N) is 2. The number of aryl methyl sites for hydroxylation is 2. The molecule has 0 aromatic carbocycles. The van der Waals surface area contributed by atoms with E-state index in [-0.39, 0.29) is 11.3 Å². The van der Waals surface area contributed by atoms with Gasteiger partial charge >= 0.3 is 0 Å². The minimum Gasteiger partial charge on any atom is -0.293 e. The highest BCUT2D eigenvalue weighted by atomic mass is 19.1. The second kappa shape index (κ2) is 3.19. The molecule has 1 aromatic heterocycles. The molecule has 0 atom stereocenters. The molecule has 0 unspecified atom stereocenters. The molecule has 0 aliphatic rings. The number of ketones is 1. The Bertz CT molecular complexity index is 374. The maximum atomic E-state index is 13.5. The smallest absolute Gasteiger partial charge is 0.222 e. The highest BCUT2D eigenvalue weighted by Gasteiger charge is 2.29. The van der Waals surface area contributed by atoms with E-state index in [1.165, 1.54) is 7.05 Å². The molecular formula is C10H15FN2O. The Hall–Kier alpha value is -1.19. The van der Waals surface area contributed by atoms with Crippen molar-refractivity contribution >= 4 is 5.78 Å². The monoisotopic (exact) mass is 198 g/mol. The van der Waals surface area contributed by atoms with Gasteiger partial charge < -0.3 is 0 Å². The zero-order chi connectivity index (χ0) is 11.1. The average molecular weight is 198 g/mol. The van der Waals surface area contributed by atoms with E-state index in [9.17, 15) is 9.18 Å². The second-order valence-electron chi connectivity index (χ2n) is 4.45. The molecule has 0 bridgehead atoms. The zero-order valence-corrected chi connectivity index (χ0v) is 9.18. The van der Waals surface area contributed by atoms with E-state index in [1.807, 2.05) is 0 Å². The summed E-state index contributed by atoms with van der Waals surface area (Å²) in [4.78, 5) is 11.8. The van der Waals surface area contributed by atoms with Crippen molar-refractivity contribution in [1.82, 2.24) is 9.78 Å². The van der Waals surface area contributed by atoms with Crippen molar-refractivity contribution in [2.75, 3.05) is 0 Å². The molecular weight excluding hydrogens is 183 g/mol. The number of halogens is 1. The SMILES string of the molecule is Cc1nn(C)c(F)c1C(=O)C(C)(C)C. The van der Waals surface area contributed by atoms with Gasteiger partial charge in [0, 0.05) is 12.5 Å². The lowest BCUT2D eigenvalue weighted by molar-refractivity contribution is 0.0852. The van der Waals surface area contributed by atoms with Gasteiger partial charge in [-0.2, -0.15) is 9.49 Å². The van der Waals surface area contributed by atoms with Gasteiger partial charge in [0.2, 0.25) is 5.95 Å². The topological polar surface area (TPSA) is 34.9 Å². The summed E-state index contributed by atoms with van der Waals surface area (Å²) in [5, 5.41) is 3.87. The number of carbonyl (C=O) groups excluding carboxylic acids is 1. The average Bonchev–Trinajstić information content (AvgIpc) is 2.24. The molecule has 0 saturated heterocycles. The first-order chi connectivity index (χ1) is 6.25. The van der Waals surface area contributed by atoms with Gasteiger partial charge in [0.15, 0.2) is 5.78 Å². The molecule has 1 heterocycles. The number of Topliss-reactive ketones (excluding diaryl/α,β-unsaturated/α-hetero) is 1. The summed E-state index contributed by atoms with van der Waals surface area (Å²) in [7, 11) is 1.49. The maximum Gasteiger partial charge on any atom is 0.222 e. The molecule has 1 rings (SSSR count). The van der Waals surface area contributed by atoms with Crippen molar-refractivity contribution in [3.05, 3.63) is 17.2 Å². The fourth-order valence-corrected chi connectivity index (χ4v) is 1.26. The van der Waals surface area contributed by atoms with E-state index in [4.69, 9.17) is 0 Å². The second-order valence-corrected chi connectivity index (χ2v) is 4.45. The Morgan fingerprint density at radius 3 is 2.21 bits per heavy atom. The molecule has 78 valence electrons. The van der Waals surface area contributed by atoms with Crippen LogP contribution in [0, 0.1) is 18.3 Å². The van der Waals surface area contributed by atoms with Crippen LogP contribution >= 0.6 is 0 Å². The predicted molar refractivity (Wildman–Crippen MR) is 51.7 cm³/mol. The lowest BCUT2D eigenvalue weighted by atomic mass is 9.87. The van der Waals surface area contributed by atoms with Crippen LogP contribution in [0.15, 0.2) is 0 Å². The van der Waals surface area contributed by atoms with Gasteiger partial charge in [-0.15, -0.1) is 0 Å². The quantitative estimate of drug-likeness (QED) is 0.648. The predicted octanol–water partition coefficient (Wildman–Crippen LogP) is 2.10. The minimum absolute atomic E-state index is 0.111. The molecule has 0 spiro atoms. The summed E-state index contributed by atoms with van der Waals surface area (Å²) < 4.78 is 14.6. The Kier molecular flexibility index (Phi) is 2.48. The van der Waals surface area contributed by atoms with E-state index < -0.39 is 11.4 Å². The Morgan fingerprint density at radius 2 is 1.93 bits per heavy atom. The van der Waals surface area contributed by atoms with Crippen molar-refractivity contribution in [2.24, 2.45) is 12.5 Å². The van der Waals surface area contributed by atoms with Crippen LogP contribution in [0.2, 0.25) is 0 Å². The summed E-state index contributed by atoms with van der Waals surface area (Å²) in [6.45, 7) is 6.94. The fraction of sp³-hybridized carbons (Fsp3) is 0.600. The standard InChI is InChI=1S/C10H15FN2O/c1-6-7(8(14)10(2,3)4)9(11)13(5)12-6/h1-5H3. The van der Waals surface area contributed by atoms with Gasteiger partial charge in [0.25, 0.3) is 0 Å². The Balaban J connectivity index is 3.27. The number of aromatic nitrogens is 2. The van der Waals surface area contributed by atoms with Crippen LogP contribution in [-0.2, 0) is 7.05 Å². The molecule has 0 amide bonds. The van der Waals surface area contributed by atoms with E-state index in [1.54, 1.807) is 27.7 Å². The summed E-state index contributed by atoms with van der Waals surface area (Å²) in [6, 6.07) is 0. The van der Waals surface area contributed by atoms with Crippen LogP contribution in [0.3, 0.4) is 0 Å². The first-order valence-corrected chi connectivity index (χ1v) is 4.49. The first kappa shape index (κ1) is 10.9. The fourth-order valence-electron chi connectivity index (χ4n) is 1.26. The van der Waals surface area contributed by atoms with Crippen LogP contribution in [0.25, 0.3) is 0 Å². The largest absolute Gasteiger partial charge is 0.293 e. The lowest BCUT2D eigenvalue weighted by Crippen LogP contribution is -2.21. The van der Waals surface area contributed by atoms with Crippen molar-refractivity contribution in [3.63, 3.8) is 0 Å². The number of carbonyl (C=O) groups is 1. The molecule has 0 saturated carbocycles. The zero-order valence-electron chi connectivity index (χ0n) is 9.18. The summed E-state index contributed by atoms with van der Waals surface area (Å²) in [6.07, 6.45) is 0. The number of hydrogen-bond acceptors (Lipinski definition) is 2. The highest BCUT2D eigenvalue weighted by Crippen LogP contribution is 2.24. The molecule has 0 fully saturated rings. The molecule has 4 heteroatoms. The number of hydrogen-bond donors (Lipinski definition) is 0. The maximum absolute atomic E-state index is 13.5. The van der Waals surface area contributed by atoms with Gasteiger partial charge in [0.05, 0.1) is 11.3 Å². The Labute approximate surface area is 82.9 Å². The summed E-state index contributed by atoms with van der Waals surface area (Å²) in [5.41, 5.74) is -0.0147. The van der Waals surface area contributed by atoms with Crippen molar-refractivity contribution < 1.29 is 9.18 Å². The van der Waals surface area contributed by atoms with Gasteiger partial charge in [-0.1, -0.05) is 20.8 Å². The Morgan fingerprint density at radius 1 is 1.43 bits per heavy atom. The van der Waals surface area contributed by atoms with E-state index in [2.05, 4.69) is 5.10 Å². The van der Waals surface area contributed by atoms with Crippen molar-refractivity contribution in [3.8, 4) is 0 Å². The van der Waals surface area contributed by atoms with Gasteiger partial charge in [-0.25, -0.2) is 4.68 Å². The van der Waals surface area contributed by atoms with Gasteiger partial charge in [-0.3, -0.25) is 4.79 Å². The molecule has 3 nitrogen and oxygen atoms in total. The minimum atomic E-state index is -0.575. The van der Waals surface area contributed by atoms with E-state index in [0.717, 1.165) is 4.68 Å². The summed E-state index contributed by atoms with van der Waals surface area (Å²) >= 11 is 0. The van der Waals surface area contributed by atoms with Crippen LogP contribution < -0.4 is 0 Å². The van der Waals surface area contributed by atoms with Crippen LogP contribution in [0.4, 0.5) is 4.39 Å². The number of rotatable bonds is 1. The highest BCUT2D eigenvalue weighted by molar-refractivity contribution is 6.00. The molecule has 0 aliphatic carbocycles. The van der Waals surface area contributed by atoms with Crippen molar-refractivity contribution in [1.29, 1.82) is 0 Å². The van der Waals surface area contributed by atoms with E-state index >= 15 is 0 Å². The molecule has 0 radical (unpaired) electrons. The first-order valence-electron chi connectivity index (χ1n) is 4.49. The molecule has 14 heavy (non-hydrogen) atoms. The third kappa shape index (κ3) is 1.69. The van der Waals surface area contributed by atoms with Crippen LogP contribution in [0.1, 0.15) is 36.8 Å². The molecule has 1 aromatic rings. The van der Waals surface area contributed by atoms with Gasteiger partial charge in [0.1, 0.15) is 0 Å². The van der Waals surface area contributed by atoms with Gasteiger partial charge in [-0.05, 0) is 6.92 Å². The van der Waals surface area contributed by atoms with Crippen LogP contribution in [-0.4, -0.2) is 15.6 Å². The molecule has 0 aliphatic heterocycles. The normalized spacial score (nSPS) is 11.9. The van der Waals surface area contributed by atoms with Crippen molar-refractivity contribution in [2.45, 2.75) is 27.7 Å². The van der Waals surface area contributed by atoms with E-state index in [0.29, 0.717) is 5.69 Å².